The van der Waals surface area contributed by atoms with Gasteiger partial charge in [0.2, 0.25) is 0 Å². The SMILES string of the molecule is CC(C)(C)OC(=O)N1[C@@H](c2cccnc2)CC[C@H]1[I-]C(=O)O. The number of hydrogen-bond donors (Lipinski definition) is 1. The Labute approximate surface area is 140 Å². The minimum atomic E-state index is -1.15. The van der Waals surface area contributed by atoms with Crippen molar-refractivity contribution in [1.29, 1.82) is 0 Å². The molecule has 7 heteroatoms. The Kier molecular flexibility index (Phi) is 5.25. The van der Waals surface area contributed by atoms with Gasteiger partial charge < -0.3 is 0 Å². The number of carbonyl (C=O) groups is 2. The van der Waals surface area contributed by atoms with Crippen molar-refractivity contribution >= 4 is 10.1 Å². The zero-order valence-corrected chi connectivity index (χ0v) is 15.0. The van der Waals surface area contributed by atoms with Crippen molar-refractivity contribution in [1.82, 2.24) is 9.88 Å². The summed E-state index contributed by atoms with van der Waals surface area (Å²) in [6.45, 7) is 5.42. The molecule has 0 bridgehead atoms. The minimum absolute atomic E-state index is 0.160. The Hall–Kier alpha value is -1.38. The average Bonchev–Trinajstić information content (AvgIpc) is 2.80. The molecule has 122 valence electrons. The number of likely N-dealkylation sites (tertiary alicyclic amines) is 1. The van der Waals surface area contributed by atoms with E-state index in [0.29, 0.717) is 6.42 Å². The fourth-order valence-corrected chi connectivity index (χ4v) is 4.64. The second kappa shape index (κ2) is 6.80. The summed E-state index contributed by atoms with van der Waals surface area (Å²) in [5, 5.41) is 9.12. The summed E-state index contributed by atoms with van der Waals surface area (Å²) in [6, 6.07) is 3.58. The fraction of sp³-hybridized carbons (Fsp3) is 0.533. The van der Waals surface area contributed by atoms with E-state index in [1.165, 1.54) is 0 Å². The first kappa shape index (κ1) is 17.0. The van der Waals surface area contributed by atoms with Crippen LogP contribution in [-0.2, 0) is 4.74 Å². The summed E-state index contributed by atoms with van der Waals surface area (Å²) in [6.07, 6.45) is 4.40. The van der Waals surface area contributed by atoms with Gasteiger partial charge in [0.1, 0.15) is 0 Å². The third-order valence-electron chi connectivity index (χ3n) is 3.21. The van der Waals surface area contributed by atoms with Gasteiger partial charge in [0.25, 0.3) is 0 Å². The predicted octanol–water partition coefficient (Wildman–Crippen LogP) is 0.247. The van der Waals surface area contributed by atoms with E-state index in [4.69, 9.17) is 9.84 Å². The molecule has 1 aliphatic heterocycles. The van der Waals surface area contributed by atoms with Gasteiger partial charge in [0.05, 0.1) is 0 Å². The topological polar surface area (TPSA) is 79.7 Å². The zero-order valence-electron chi connectivity index (χ0n) is 12.8. The van der Waals surface area contributed by atoms with Gasteiger partial charge in [-0.2, -0.15) is 0 Å². The van der Waals surface area contributed by atoms with Crippen molar-refractivity contribution in [3.8, 4) is 0 Å². The van der Waals surface area contributed by atoms with Crippen molar-refractivity contribution in [2.45, 2.75) is 49.3 Å². The van der Waals surface area contributed by atoms with Crippen LogP contribution < -0.4 is 21.2 Å². The van der Waals surface area contributed by atoms with E-state index in [2.05, 4.69) is 4.98 Å². The van der Waals surface area contributed by atoms with Crippen molar-refractivity contribution in [2.24, 2.45) is 0 Å². The van der Waals surface area contributed by atoms with Crippen LogP contribution >= 0.6 is 0 Å². The predicted molar refractivity (Wildman–Crippen MR) is 76.1 cm³/mol. The van der Waals surface area contributed by atoms with Crippen molar-refractivity contribution in [3.05, 3.63) is 30.1 Å². The number of rotatable bonds is 3. The molecule has 6 nitrogen and oxygen atoms in total. The molecule has 1 aromatic heterocycles. The second-order valence-corrected chi connectivity index (χ2v) is 9.05. The molecule has 1 N–H and O–H groups in total. The molecule has 1 saturated heterocycles. The number of hydrogen-bond acceptors (Lipinski definition) is 4. The van der Waals surface area contributed by atoms with E-state index in [9.17, 15) is 9.59 Å². The first-order valence-electron chi connectivity index (χ1n) is 7.05. The molecule has 0 aromatic carbocycles. The summed E-state index contributed by atoms with van der Waals surface area (Å²) < 4.78 is 4.44. The number of ether oxygens (including phenoxy) is 1. The molecule has 1 aromatic rings. The Morgan fingerprint density at radius 2 is 2.14 bits per heavy atom. The van der Waals surface area contributed by atoms with Gasteiger partial charge in [-0.05, 0) is 0 Å². The quantitative estimate of drug-likeness (QED) is 0.329. The Morgan fingerprint density at radius 1 is 1.41 bits per heavy atom. The number of pyridine rings is 1. The van der Waals surface area contributed by atoms with E-state index in [1.807, 2.05) is 12.1 Å². The molecule has 0 spiro atoms. The number of halogens is 1. The van der Waals surface area contributed by atoms with Gasteiger partial charge in [-0.15, -0.1) is 0 Å². The molecule has 2 rings (SSSR count). The molecule has 0 radical (unpaired) electrons. The van der Waals surface area contributed by atoms with E-state index in [-0.39, 0.29) is 10.1 Å². The van der Waals surface area contributed by atoms with Crippen LogP contribution in [0.25, 0.3) is 0 Å². The van der Waals surface area contributed by atoms with Crippen LogP contribution in [0.1, 0.15) is 45.2 Å². The summed E-state index contributed by atoms with van der Waals surface area (Å²) in [7, 11) is 0. The Bertz CT molecular complexity index is 544. The average molecular weight is 419 g/mol. The van der Waals surface area contributed by atoms with Crippen LogP contribution in [0, 0.1) is 0 Å². The van der Waals surface area contributed by atoms with Crippen LogP contribution in [-0.4, -0.2) is 34.7 Å². The maximum absolute atomic E-state index is 12.5. The van der Waals surface area contributed by atoms with Crippen LogP contribution in [0.3, 0.4) is 0 Å². The molecule has 2 heterocycles. The molecule has 1 aliphatic rings. The number of carbonyl (C=O) groups excluding carboxylic acids is 1. The number of amides is 1. The molecule has 22 heavy (non-hydrogen) atoms. The Balaban J connectivity index is 2.25. The van der Waals surface area contributed by atoms with Crippen LogP contribution in [0.5, 0.6) is 0 Å². The van der Waals surface area contributed by atoms with Crippen molar-refractivity contribution < 1.29 is 40.6 Å². The molecule has 0 aliphatic carbocycles. The summed E-state index contributed by atoms with van der Waals surface area (Å²) in [5.74, 6) is 0. The van der Waals surface area contributed by atoms with E-state index in [0.717, 1.165) is 12.0 Å². The molecule has 1 amide bonds. The summed E-state index contributed by atoms with van der Waals surface area (Å²) in [5.41, 5.74) is 0.316. The van der Waals surface area contributed by atoms with Crippen molar-refractivity contribution in [2.75, 3.05) is 0 Å². The molecule has 0 unspecified atom stereocenters. The van der Waals surface area contributed by atoms with Gasteiger partial charge >= 0.3 is 140 Å². The van der Waals surface area contributed by atoms with Crippen LogP contribution in [0.15, 0.2) is 24.5 Å². The first-order chi connectivity index (χ1) is 10.3. The molecule has 0 saturated carbocycles. The number of aromatic nitrogens is 1. The van der Waals surface area contributed by atoms with E-state index >= 15 is 0 Å². The molecule has 1 fully saturated rings. The number of nitrogens with zero attached hydrogens (tertiary/aromatic N) is 2. The zero-order chi connectivity index (χ0) is 16.3. The third-order valence-corrected chi connectivity index (χ3v) is 5.68. The van der Waals surface area contributed by atoms with Gasteiger partial charge in [0, 0.05) is 0 Å². The molecular formula is C15H20IN2O4-. The standard InChI is InChI=1S/C15H20IN2O4/c1-15(2,3)22-14(21)18-11(10-5-4-8-17-9-10)6-7-12(18)16-13(19)20/h4-5,8-9,11-12H,6-7H2,1-3H3,(H,19,20)/q-1/t11-,12+/m1/s1. The maximum atomic E-state index is 12.5. The fourth-order valence-electron chi connectivity index (χ4n) is 2.44. The van der Waals surface area contributed by atoms with E-state index in [1.54, 1.807) is 38.1 Å². The summed E-state index contributed by atoms with van der Waals surface area (Å²) in [4.78, 5) is 29.4. The van der Waals surface area contributed by atoms with Gasteiger partial charge in [0.15, 0.2) is 0 Å². The number of alkyl halides is 1. The van der Waals surface area contributed by atoms with Gasteiger partial charge in [-0.1, -0.05) is 0 Å². The number of carboxylic acid groups (broad SMARTS) is 1. The Morgan fingerprint density at radius 3 is 2.68 bits per heavy atom. The van der Waals surface area contributed by atoms with Crippen molar-refractivity contribution in [3.63, 3.8) is 0 Å². The molecular weight excluding hydrogens is 399 g/mol. The van der Waals surface area contributed by atoms with Crippen LogP contribution in [0.4, 0.5) is 9.59 Å². The van der Waals surface area contributed by atoms with E-state index < -0.39 is 36.9 Å². The first-order valence-corrected chi connectivity index (χ1v) is 9.38. The third kappa shape index (κ3) is 4.31. The van der Waals surface area contributed by atoms with Gasteiger partial charge in [-0.25, -0.2) is 0 Å². The summed E-state index contributed by atoms with van der Waals surface area (Å²) >= 11 is -1.15. The normalized spacial score (nSPS) is 21.9. The molecule has 2 atom stereocenters. The van der Waals surface area contributed by atoms with Crippen LogP contribution in [0.2, 0.25) is 0 Å². The monoisotopic (exact) mass is 419 g/mol. The second-order valence-electron chi connectivity index (χ2n) is 6.06. The van der Waals surface area contributed by atoms with Gasteiger partial charge in [-0.3, -0.25) is 0 Å².